The normalized spacial score (nSPS) is 10.9. The summed E-state index contributed by atoms with van der Waals surface area (Å²) in [6.07, 6.45) is 0.909. The van der Waals surface area contributed by atoms with Crippen molar-refractivity contribution in [3.8, 4) is 0 Å². The molecule has 0 bridgehead atoms. The number of carbonyl (C=O) groups is 2. The second-order valence-electron chi connectivity index (χ2n) is 3.49. The lowest BCUT2D eigenvalue weighted by atomic mass is 10.2. The zero-order valence-electron chi connectivity index (χ0n) is 8.79. The standard InChI is InChI=1S/C9H17NO3S/c1-9(2,14)8(12)10-6-4-5-7(11)13-3/h14H,4-6H2,1-3H3,(H,10,12). The summed E-state index contributed by atoms with van der Waals surface area (Å²) in [5.74, 6) is -0.393. The molecule has 0 rings (SSSR count). The maximum absolute atomic E-state index is 11.3. The van der Waals surface area contributed by atoms with Crippen LogP contribution in [0.3, 0.4) is 0 Å². The first kappa shape index (κ1) is 13.3. The van der Waals surface area contributed by atoms with E-state index in [0.29, 0.717) is 19.4 Å². The minimum absolute atomic E-state index is 0.134. The van der Waals surface area contributed by atoms with Gasteiger partial charge in [0.1, 0.15) is 0 Å². The second-order valence-corrected chi connectivity index (χ2v) is 4.61. The molecular formula is C9H17NO3S. The first-order valence-corrected chi connectivity index (χ1v) is 4.90. The van der Waals surface area contributed by atoms with E-state index in [-0.39, 0.29) is 11.9 Å². The predicted molar refractivity (Wildman–Crippen MR) is 57.3 cm³/mol. The molecule has 0 heterocycles. The molecule has 0 spiro atoms. The molecule has 5 heteroatoms. The Kier molecular flexibility index (Phi) is 5.60. The Hall–Kier alpha value is -0.710. The quantitative estimate of drug-likeness (QED) is 0.408. The molecule has 0 aromatic rings. The van der Waals surface area contributed by atoms with Gasteiger partial charge in [0.05, 0.1) is 11.9 Å². The molecule has 0 aliphatic heterocycles. The predicted octanol–water partition coefficient (Wildman–Crippen LogP) is 0.764. The number of methoxy groups -OCH3 is 1. The number of hydrogen-bond donors (Lipinski definition) is 2. The molecule has 0 saturated heterocycles. The van der Waals surface area contributed by atoms with Crippen LogP contribution in [-0.4, -0.2) is 30.3 Å². The van der Waals surface area contributed by atoms with Gasteiger partial charge in [0, 0.05) is 13.0 Å². The van der Waals surface area contributed by atoms with E-state index in [1.165, 1.54) is 7.11 Å². The van der Waals surface area contributed by atoms with E-state index in [1.807, 2.05) is 0 Å². The van der Waals surface area contributed by atoms with Crippen molar-refractivity contribution in [1.29, 1.82) is 0 Å². The number of thiol groups is 1. The molecule has 1 N–H and O–H groups in total. The lowest BCUT2D eigenvalue weighted by Gasteiger charge is -2.16. The van der Waals surface area contributed by atoms with E-state index < -0.39 is 4.75 Å². The highest BCUT2D eigenvalue weighted by atomic mass is 32.1. The monoisotopic (exact) mass is 219 g/mol. The van der Waals surface area contributed by atoms with E-state index >= 15 is 0 Å². The molecule has 0 aromatic heterocycles. The zero-order chi connectivity index (χ0) is 11.2. The van der Waals surface area contributed by atoms with Crippen LogP contribution < -0.4 is 5.32 Å². The number of amides is 1. The van der Waals surface area contributed by atoms with Gasteiger partial charge in [-0.2, -0.15) is 12.6 Å². The van der Waals surface area contributed by atoms with Crippen LogP contribution in [0.15, 0.2) is 0 Å². The highest BCUT2D eigenvalue weighted by Crippen LogP contribution is 2.10. The molecule has 14 heavy (non-hydrogen) atoms. The van der Waals surface area contributed by atoms with Gasteiger partial charge in [0.2, 0.25) is 5.91 Å². The van der Waals surface area contributed by atoms with Gasteiger partial charge in [-0.05, 0) is 20.3 Å². The fraction of sp³-hybridized carbons (Fsp3) is 0.778. The van der Waals surface area contributed by atoms with Gasteiger partial charge in [-0.25, -0.2) is 0 Å². The van der Waals surface area contributed by atoms with Crippen molar-refractivity contribution >= 4 is 24.5 Å². The fourth-order valence-electron chi connectivity index (χ4n) is 0.753. The summed E-state index contributed by atoms with van der Waals surface area (Å²) in [7, 11) is 1.34. The molecule has 4 nitrogen and oxygen atoms in total. The molecular weight excluding hydrogens is 202 g/mol. The van der Waals surface area contributed by atoms with Crippen LogP contribution in [0.4, 0.5) is 0 Å². The van der Waals surface area contributed by atoms with Crippen molar-refractivity contribution in [3.05, 3.63) is 0 Å². The topological polar surface area (TPSA) is 55.4 Å². The largest absolute Gasteiger partial charge is 0.469 e. The molecule has 0 aromatic carbocycles. The van der Waals surface area contributed by atoms with Crippen LogP contribution in [0.5, 0.6) is 0 Å². The van der Waals surface area contributed by atoms with Gasteiger partial charge in [-0.3, -0.25) is 9.59 Å². The van der Waals surface area contributed by atoms with Crippen LogP contribution >= 0.6 is 12.6 Å². The molecule has 0 aliphatic carbocycles. The average molecular weight is 219 g/mol. The number of esters is 1. The third-order valence-corrected chi connectivity index (χ3v) is 1.83. The zero-order valence-corrected chi connectivity index (χ0v) is 9.69. The van der Waals surface area contributed by atoms with Gasteiger partial charge in [0.25, 0.3) is 0 Å². The van der Waals surface area contributed by atoms with E-state index in [0.717, 1.165) is 0 Å². The lowest BCUT2D eigenvalue weighted by Crippen LogP contribution is -2.38. The first-order chi connectivity index (χ1) is 6.38. The van der Waals surface area contributed by atoms with E-state index in [4.69, 9.17) is 0 Å². The summed E-state index contributed by atoms with van der Waals surface area (Å²) in [5, 5.41) is 2.68. The number of nitrogens with one attached hydrogen (secondary N) is 1. The Labute approximate surface area is 89.8 Å². The van der Waals surface area contributed by atoms with Crippen LogP contribution in [0, 0.1) is 0 Å². The Morgan fingerprint density at radius 3 is 2.43 bits per heavy atom. The SMILES string of the molecule is COC(=O)CCCNC(=O)C(C)(C)S. The van der Waals surface area contributed by atoms with Crippen LogP contribution in [0.2, 0.25) is 0 Å². The van der Waals surface area contributed by atoms with Gasteiger partial charge < -0.3 is 10.1 Å². The Balaban J connectivity index is 3.56. The summed E-state index contributed by atoms with van der Waals surface area (Å²) in [6, 6.07) is 0. The van der Waals surface area contributed by atoms with Crippen LogP contribution in [-0.2, 0) is 14.3 Å². The molecule has 0 aliphatic rings. The lowest BCUT2D eigenvalue weighted by molar-refractivity contribution is -0.140. The first-order valence-electron chi connectivity index (χ1n) is 4.45. The van der Waals surface area contributed by atoms with Gasteiger partial charge in [-0.1, -0.05) is 0 Å². The van der Waals surface area contributed by atoms with Crippen molar-refractivity contribution in [2.24, 2.45) is 0 Å². The molecule has 82 valence electrons. The molecule has 0 fully saturated rings. The van der Waals surface area contributed by atoms with Crippen molar-refractivity contribution in [3.63, 3.8) is 0 Å². The van der Waals surface area contributed by atoms with Crippen LogP contribution in [0.25, 0.3) is 0 Å². The van der Waals surface area contributed by atoms with Crippen molar-refractivity contribution in [2.75, 3.05) is 13.7 Å². The van der Waals surface area contributed by atoms with Crippen LogP contribution in [0.1, 0.15) is 26.7 Å². The molecule has 0 unspecified atom stereocenters. The minimum atomic E-state index is -0.675. The smallest absolute Gasteiger partial charge is 0.305 e. The molecule has 0 radical (unpaired) electrons. The van der Waals surface area contributed by atoms with E-state index in [1.54, 1.807) is 13.8 Å². The highest BCUT2D eigenvalue weighted by molar-refractivity contribution is 7.82. The van der Waals surface area contributed by atoms with Gasteiger partial charge in [-0.15, -0.1) is 0 Å². The molecule has 0 saturated carbocycles. The average Bonchev–Trinajstić information content (AvgIpc) is 2.09. The van der Waals surface area contributed by atoms with E-state index in [2.05, 4.69) is 22.7 Å². The summed E-state index contributed by atoms with van der Waals surface area (Å²) in [5.41, 5.74) is 0. The Bertz CT molecular complexity index is 211. The van der Waals surface area contributed by atoms with Crippen molar-refractivity contribution < 1.29 is 14.3 Å². The number of hydrogen-bond acceptors (Lipinski definition) is 4. The number of rotatable bonds is 5. The van der Waals surface area contributed by atoms with Crippen molar-refractivity contribution in [1.82, 2.24) is 5.32 Å². The van der Waals surface area contributed by atoms with E-state index in [9.17, 15) is 9.59 Å². The summed E-state index contributed by atoms with van der Waals surface area (Å²) >= 11 is 4.11. The second kappa shape index (κ2) is 5.90. The molecule has 1 amide bonds. The maximum atomic E-state index is 11.3. The third-order valence-electron chi connectivity index (χ3n) is 1.63. The summed E-state index contributed by atoms with van der Waals surface area (Å²) < 4.78 is 3.78. The number of carbonyl (C=O) groups excluding carboxylic acids is 2. The van der Waals surface area contributed by atoms with Crippen molar-refractivity contribution in [2.45, 2.75) is 31.4 Å². The van der Waals surface area contributed by atoms with Gasteiger partial charge in [0.15, 0.2) is 0 Å². The number of ether oxygens (including phenoxy) is 1. The summed E-state index contributed by atoms with van der Waals surface area (Å²) in [4.78, 5) is 22.0. The molecule has 0 atom stereocenters. The highest BCUT2D eigenvalue weighted by Gasteiger charge is 2.21. The minimum Gasteiger partial charge on any atom is -0.469 e. The van der Waals surface area contributed by atoms with Gasteiger partial charge >= 0.3 is 5.97 Å². The Morgan fingerprint density at radius 2 is 2.00 bits per heavy atom. The third kappa shape index (κ3) is 5.85. The maximum Gasteiger partial charge on any atom is 0.305 e. The Morgan fingerprint density at radius 1 is 1.43 bits per heavy atom. The summed E-state index contributed by atoms with van der Waals surface area (Å²) in [6.45, 7) is 3.90. The fourth-order valence-corrected chi connectivity index (χ4v) is 0.832.